The maximum absolute atomic E-state index is 13.0. The van der Waals surface area contributed by atoms with Gasteiger partial charge in [-0.2, -0.15) is 4.98 Å². The van der Waals surface area contributed by atoms with Crippen LogP contribution in [0.1, 0.15) is 48.9 Å². The molecule has 1 aliphatic carbocycles. The number of aryl methyl sites for hydroxylation is 1. The van der Waals surface area contributed by atoms with E-state index in [-0.39, 0.29) is 11.8 Å². The van der Waals surface area contributed by atoms with E-state index in [0.29, 0.717) is 6.42 Å². The second-order valence-electron chi connectivity index (χ2n) is 8.88. The van der Waals surface area contributed by atoms with Crippen molar-refractivity contribution in [1.82, 2.24) is 14.8 Å². The first-order valence-corrected chi connectivity index (χ1v) is 12.9. The molecule has 6 rings (SSSR count). The smallest absolute Gasteiger partial charge is 0.227 e. The third-order valence-corrected chi connectivity index (χ3v) is 7.68. The van der Waals surface area contributed by atoms with Crippen LogP contribution in [0.5, 0.6) is 0 Å². The van der Waals surface area contributed by atoms with E-state index in [1.807, 2.05) is 4.68 Å². The molecule has 1 aromatic heterocycles. The molecule has 1 aliphatic heterocycles. The van der Waals surface area contributed by atoms with Crippen molar-refractivity contribution >= 4 is 34.3 Å². The largest absolute Gasteiger partial charge is 0.328 e. The van der Waals surface area contributed by atoms with Gasteiger partial charge in [0, 0.05) is 23.4 Å². The molecule has 0 saturated heterocycles. The van der Waals surface area contributed by atoms with Gasteiger partial charge in [0.15, 0.2) is 5.78 Å². The lowest BCUT2D eigenvalue weighted by molar-refractivity contribution is -0.116. The quantitative estimate of drug-likeness (QED) is 0.349. The highest BCUT2D eigenvalue weighted by Gasteiger charge is 2.36. The molecule has 4 aromatic rings. The number of ketones is 1. The fourth-order valence-electron chi connectivity index (χ4n) is 5.00. The topological polar surface area (TPSA) is 59.8 Å². The average molecular weight is 467 g/mol. The molecule has 34 heavy (non-hydrogen) atoms. The fraction of sp³-hybridized carbons (Fsp3) is 0.250. The van der Waals surface area contributed by atoms with Crippen LogP contribution < -0.4 is 5.32 Å². The summed E-state index contributed by atoms with van der Waals surface area (Å²) in [5, 5.41) is 11.5. The number of fused-ring (bicyclic) bond motifs is 2. The number of thioether (sulfide) groups is 1. The van der Waals surface area contributed by atoms with Gasteiger partial charge in [-0.05, 0) is 46.7 Å². The minimum absolute atomic E-state index is 0.212. The Labute approximate surface area is 203 Å². The van der Waals surface area contributed by atoms with Crippen molar-refractivity contribution in [3.63, 3.8) is 0 Å². The first-order valence-electron chi connectivity index (χ1n) is 11.9. The van der Waals surface area contributed by atoms with Crippen molar-refractivity contribution in [2.45, 2.75) is 49.6 Å². The van der Waals surface area contributed by atoms with Crippen LogP contribution >= 0.6 is 11.8 Å². The number of anilines is 1. The molecule has 1 atom stereocenters. The summed E-state index contributed by atoms with van der Waals surface area (Å²) in [6.07, 6.45) is 3.33. The zero-order chi connectivity index (χ0) is 23.1. The van der Waals surface area contributed by atoms with Gasteiger partial charge < -0.3 is 5.32 Å². The van der Waals surface area contributed by atoms with Crippen LogP contribution in [0.15, 0.2) is 83.2 Å². The minimum atomic E-state index is -0.232. The molecule has 2 heterocycles. The lowest BCUT2D eigenvalue weighted by atomic mass is 9.85. The van der Waals surface area contributed by atoms with Crippen LogP contribution in [0.2, 0.25) is 0 Å². The monoisotopic (exact) mass is 466 g/mol. The first-order chi connectivity index (χ1) is 16.7. The van der Waals surface area contributed by atoms with Gasteiger partial charge in [0.1, 0.15) is 6.04 Å². The van der Waals surface area contributed by atoms with Crippen molar-refractivity contribution < 1.29 is 4.79 Å². The second kappa shape index (κ2) is 8.76. The minimum Gasteiger partial charge on any atom is -0.328 e. The Morgan fingerprint density at radius 1 is 1.03 bits per heavy atom. The third kappa shape index (κ3) is 3.72. The number of rotatable bonds is 5. The number of carbonyl (C=O) groups excluding carboxylic acids is 1. The predicted octanol–water partition coefficient (Wildman–Crippen LogP) is 6.31. The van der Waals surface area contributed by atoms with Gasteiger partial charge in [-0.1, -0.05) is 85.4 Å². The number of hydrogen-bond acceptors (Lipinski definition) is 5. The zero-order valence-corrected chi connectivity index (χ0v) is 19.9. The molecule has 0 radical (unpaired) electrons. The number of benzene rings is 3. The molecule has 0 bridgehead atoms. The van der Waals surface area contributed by atoms with Crippen LogP contribution in [0, 0.1) is 0 Å². The molecule has 0 amide bonds. The summed E-state index contributed by atoms with van der Waals surface area (Å²) in [7, 11) is 0. The summed E-state index contributed by atoms with van der Waals surface area (Å²) >= 11 is 1.63. The normalized spacial score (nSPS) is 17.4. The number of aromatic nitrogens is 3. The molecule has 1 unspecified atom stereocenters. The van der Waals surface area contributed by atoms with Gasteiger partial charge in [-0.25, -0.2) is 4.68 Å². The SMILES string of the molecule is CCc1ccc(C2C3=C(CCCC3=O)Nc3nc(SCc4cccc5ccccc45)nn32)cc1. The Hall–Kier alpha value is -3.38. The van der Waals surface area contributed by atoms with Gasteiger partial charge in [0.05, 0.1) is 0 Å². The molecule has 0 saturated carbocycles. The zero-order valence-electron chi connectivity index (χ0n) is 19.1. The number of nitrogens with zero attached hydrogens (tertiary/aromatic N) is 3. The molecular formula is C28H26N4OS. The van der Waals surface area contributed by atoms with Gasteiger partial charge >= 0.3 is 0 Å². The van der Waals surface area contributed by atoms with Crippen molar-refractivity contribution in [1.29, 1.82) is 0 Å². The van der Waals surface area contributed by atoms with Crippen LogP contribution in [-0.2, 0) is 17.0 Å². The first kappa shape index (κ1) is 21.2. The molecule has 1 N–H and O–H groups in total. The molecule has 2 aliphatic rings. The van der Waals surface area contributed by atoms with Crippen molar-refractivity contribution in [2.24, 2.45) is 0 Å². The van der Waals surface area contributed by atoms with Crippen LogP contribution in [-0.4, -0.2) is 20.5 Å². The Balaban J connectivity index is 1.35. The molecule has 5 nitrogen and oxygen atoms in total. The molecule has 0 spiro atoms. The Morgan fingerprint density at radius 3 is 2.71 bits per heavy atom. The number of carbonyl (C=O) groups is 1. The highest BCUT2D eigenvalue weighted by molar-refractivity contribution is 7.98. The van der Waals surface area contributed by atoms with E-state index in [1.165, 1.54) is 21.9 Å². The summed E-state index contributed by atoms with van der Waals surface area (Å²) in [6, 6.07) is 23.2. The molecule has 170 valence electrons. The highest BCUT2D eigenvalue weighted by Crippen LogP contribution is 2.41. The van der Waals surface area contributed by atoms with E-state index >= 15 is 0 Å². The van der Waals surface area contributed by atoms with Crippen LogP contribution in [0.4, 0.5) is 5.95 Å². The molecule has 6 heteroatoms. The summed E-state index contributed by atoms with van der Waals surface area (Å²) < 4.78 is 1.91. The lowest BCUT2D eigenvalue weighted by Crippen LogP contribution is -2.31. The van der Waals surface area contributed by atoms with E-state index in [0.717, 1.165) is 53.0 Å². The van der Waals surface area contributed by atoms with E-state index in [1.54, 1.807) is 11.8 Å². The maximum Gasteiger partial charge on any atom is 0.227 e. The van der Waals surface area contributed by atoms with Crippen LogP contribution in [0.25, 0.3) is 10.8 Å². The van der Waals surface area contributed by atoms with Crippen LogP contribution in [0.3, 0.4) is 0 Å². The van der Waals surface area contributed by atoms with Gasteiger partial charge in [-0.3, -0.25) is 4.79 Å². The standard InChI is InChI=1S/C28H26N4OS/c1-2-18-13-15-20(16-14-18)26-25-23(11-6-12-24(25)33)29-27-30-28(31-32(26)27)34-17-21-9-5-8-19-7-3-4-10-22(19)21/h3-5,7-10,13-16,26H,2,6,11-12,17H2,1H3,(H,29,30,31). The number of hydrogen-bond donors (Lipinski definition) is 1. The van der Waals surface area contributed by atoms with E-state index in [4.69, 9.17) is 10.1 Å². The van der Waals surface area contributed by atoms with Gasteiger partial charge in [0.25, 0.3) is 0 Å². The summed E-state index contributed by atoms with van der Waals surface area (Å²) in [4.78, 5) is 17.9. The number of Topliss-reactive ketones (excluding diaryl/α,β-unsaturated/α-hetero) is 1. The van der Waals surface area contributed by atoms with E-state index in [9.17, 15) is 4.79 Å². The highest BCUT2D eigenvalue weighted by atomic mass is 32.2. The van der Waals surface area contributed by atoms with E-state index in [2.05, 4.69) is 79.0 Å². The van der Waals surface area contributed by atoms with Crippen molar-refractivity contribution in [3.8, 4) is 0 Å². The fourth-order valence-corrected chi connectivity index (χ4v) is 5.84. The second-order valence-corrected chi connectivity index (χ2v) is 9.82. The Kier molecular flexibility index (Phi) is 5.46. The van der Waals surface area contributed by atoms with Crippen molar-refractivity contribution in [2.75, 3.05) is 5.32 Å². The Morgan fingerprint density at radius 2 is 1.85 bits per heavy atom. The third-order valence-electron chi connectivity index (χ3n) is 6.79. The van der Waals surface area contributed by atoms with Gasteiger partial charge in [-0.15, -0.1) is 5.10 Å². The summed E-state index contributed by atoms with van der Waals surface area (Å²) in [6.45, 7) is 2.15. The average Bonchev–Trinajstić information content (AvgIpc) is 3.29. The maximum atomic E-state index is 13.0. The van der Waals surface area contributed by atoms with E-state index < -0.39 is 0 Å². The predicted molar refractivity (Wildman–Crippen MR) is 137 cm³/mol. The summed E-state index contributed by atoms with van der Waals surface area (Å²) in [5.41, 5.74) is 5.48. The lowest BCUT2D eigenvalue weighted by Gasteiger charge is -2.32. The van der Waals surface area contributed by atoms with Crippen molar-refractivity contribution in [3.05, 3.63) is 94.7 Å². The summed E-state index contributed by atoms with van der Waals surface area (Å²) in [5.74, 6) is 1.72. The molecule has 3 aromatic carbocycles. The number of allylic oxidation sites excluding steroid dienone is 2. The molecule has 0 fully saturated rings. The molecular weight excluding hydrogens is 440 g/mol. The Bertz CT molecular complexity index is 1410. The number of nitrogens with one attached hydrogen (secondary N) is 1. The van der Waals surface area contributed by atoms with Gasteiger partial charge in [0.2, 0.25) is 11.1 Å².